The summed E-state index contributed by atoms with van der Waals surface area (Å²) in [5, 5.41) is 0. The lowest BCUT2D eigenvalue weighted by Crippen LogP contribution is -2.17. The van der Waals surface area contributed by atoms with Crippen molar-refractivity contribution in [3.05, 3.63) is 0 Å². The SMILES string of the molecule is CC(C)CCCC1(C)CCCCCCCCC1. The minimum absolute atomic E-state index is 0.673. The van der Waals surface area contributed by atoms with Gasteiger partial charge in [-0.25, -0.2) is 0 Å². The van der Waals surface area contributed by atoms with Gasteiger partial charge in [0.15, 0.2) is 0 Å². The third kappa shape index (κ3) is 7.11. The van der Waals surface area contributed by atoms with Crippen LogP contribution in [0.25, 0.3) is 0 Å². The zero-order valence-corrected chi connectivity index (χ0v) is 12.6. The van der Waals surface area contributed by atoms with E-state index in [1.165, 1.54) is 77.0 Å². The molecule has 0 radical (unpaired) electrons. The number of hydrogen-bond donors (Lipinski definition) is 0. The topological polar surface area (TPSA) is 0 Å². The molecule has 0 aromatic carbocycles. The highest BCUT2D eigenvalue weighted by Gasteiger charge is 2.23. The Bertz CT molecular complexity index is 170. The molecule has 1 fully saturated rings. The van der Waals surface area contributed by atoms with Crippen LogP contribution in [-0.4, -0.2) is 0 Å². The van der Waals surface area contributed by atoms with E-state index in [0.717, 1.165) is 5.92 Å². The Morgan fingerprint density at radius 3 is 1.76 bits per heavy atom. The smallest absolute Gasteiger partial charge is 0.0326 e. The van der Waals surface area contributed by atoms with Crippen molar-refractivity contribution >= 4 is 0 Å². The predicted octanol–water partition coefficient (Wildman–Crippen LogP) is 6.34. The molecule has 0 amide bonds. The third-order valence-electron chi connectivity index (χ3n) is 4.62. The Morgan fingerprint density at radius 1 is 0.824 bits per heavy atom. The number of hydrogen-bond acceptors (Lipinski definition) is 0. The standard InChI is InChI=1S/C17H34/c1-16(2)12-11-15-17(3)13-9-7-5-4-6-8-10-14-17/h16H,4-15H2,1-3H3. The first-order valence-electron chi connectivity index (χ1n) is 8.12. The van der Waals surface area contributed by atoms with Crippen molar-refractivity contribution in [1.82, 2.24) is 0 Å². The molecular formula is C17H34. The first-order chi connectivity index (χ1) is 8.12. The molecule has 0 aliphatic heterocycles. The molecule has 17 heavy (non-hydrogen) atoms. The minimum atomic E-state index is 0.673. The molecule has 0 saturated heterocycles. The lowest BCUT2D eigenvalue weighted by molar-refractivity contribution is 0.216. The zero-order chi connectivity index (χ0) is 12.6. The van der Waals surface area contributed by atoms with E-state index in [-0.39, 0.29) is 0 Å². The molecule has 0 unspecified atom stereocenters. The summed E-state index contributed by atoms with van der Waals surface area (Å²) < 4.78 is 0. The molecule has 0 bridgehead atoms. The van der Waals surface area contributed by atoms with Crippen LogP contribution >= 0.6 is 0 Å². The third-order valence-corrected chi connectivity index (χ3v) is 4.62. The summed E-state index contributed by atoms with van der Waals surface area (Å²) in [6, 6.07) is 0. The highest BCUT2D eigenvalue weighted by atomic mass is 14.3. The van der Waals surface area contributed by atoms with E-state index in [1.807, 2.05) is 0 Å². The Balaban J connectivity index is 2.32. The Kier molecular flexibility index (Phi) is 7.23. The van der Waals surface area contributed by atoms with Gasteiger partial charge in [0.05, 0.1) is 0 Å². The van der Waals surface area contributed by atoms with E-state index in [2.05, 4.69) is 20.8 Å². The lowest BCUT2D eigenvalue weighted by Gasteiger charge is -2.31. The fourth-order valence-corrected chi connectivity index (χ4v) is 3.30. The van der Waals surface area contributed by atoms with Crippen LogP contribution in [0.4, 0.5) is 0 Å². The maximum atomic E-state index is 2.56. The van der Waals surface area contributed by atoms with Crippen LogP contribution in [0, 0.1) is 11.3 Å². The molecule has 0 spiro atoms. The summed E-state index contributed by atoms with van der Waals surface area (Å²) in [5.74, 6) is 0.887. The molecule has 102 valence electrons. The van der Waals surface area contributed by atoms with Crippen LogP contribution < -0.4 is 0 Å². The molecule has 0 atom stereocenters. The Hall–Kier alpha value is 0. The molecule has 1 aliphatic carbocycles. The van der Waals surface area contributed by atoms with E-state index >= 15 is 0 Å². The molecule has 1 aliphatic rings. The zero-order valence-electron chi connectivity index (χ0n) is 12.6. The van der Waals surface area contributed by atoms with Gasteiger partial charge in [-0.05, 0) is 30.6 Å². The van der Waals surface area contributed by atoms with Crippen LogP contribution in [0.1, 0.15) is 97.8 Å². The minimum Gasteiger partial charge on any atom is -0.0628 e. The lowest BCUT2D eigenvalue weighted by atomic mass is 9.75. The summed E-state index contributed by atoms with van der Waals surface area (Å²) in [7, 11) is 0. The quantitative estimate of drug-likeness (QED) is 0.536. The van der Waals surface area contributed by atoms with Gasteiger partial charge < -0.3 is 0 Å². The summed E-state index contributed by atoms with van der Waals surface area (Å²) in [4.78, 5) is 0. The van der Waals surface area contributed by atoms with Gasteiger partial charge in [0.1, 0.15) is 0 Å². The molecule has 1 saturated carbocycles. The van der Waals surface area contributed by atoms with Crippen molar-refractivity contribution in [2.75, 3.05) is 0 Å². The van der Waals surface area contributed by atoms with Gasteiger partial charge in [-0.1, -0.05) is 78.6 Å². The Morgan fingerprint density at radius 2 is 1.29 bits per heavy atom. The second-order valence-electron chi connectivity index (χ2n) is 7.07. The van der Waals surface area contributed by atoms with Crippen LogP contribution in [0.2, 0.25) is 0 Å². The summed E-state index contributed by atoms with van der Waals surface area (Å²) >= 11 is 0. The van der Waals surface area contributed by atoms with E-state index in [4.69, 9.17) is 0 Å². The summed E-state index contributed by atoms with van der Waals surface area (Å²) in [6.45, 7) is 7.28. The fourth-order valence-electron chi connectivity index (χ4n) is 3.30. The maximum Gasteiger partial charge on any atom is -0.0326 e. The molecular weight excluding hydrogens is 204 g/mol. The highest BCUT2D eigenvalue weighted by Crippen LogP contribution is 2.37. The van der Waals surface area contributed by atoms with E-state index < -0.39 is 0 Å². The molecule has 0 heteroatoms. The van der Waals surface area contributed by atoms with Gasteiger partial charge in [0.25, 0.3) is 0 Å². The average Bonchev–Trinajstić information content (AvgIpc) is 2.27. The van der Waals surface area contributed by atoms with Crippen LogP contribution in [-0.2, 0) is 0 Å². The van der Waals surface area contributed by atoms with Crippen molar-refractivity contribution in [1.29, 1.82) is 0 Å². The fraction of sp³-hybridized carbons (Fsp3) is 1.00. The van der Waals surface area contributed by atoms with E-state index in [0.29, 0.717) is 5.41 Å². The first-order valence-corrected chi connectivity index (χ1v) is 8.12. The molecule has 0 N–H and O–H groups in total. The molecule has 0 aromatic heterocycles. The van der Waals surface area contributed by atoms with Crippen LogP contribution in [0.3, 0.4) is 0 Å². The summed E-state index contributed by atoms with van der Waals surface area (Å²) in [6.07, 6.45) is 17.7. The van der Waals surface area contributed by atoms with Gasteiger partial charge in [0, 0.05) is 0 Å². The van der Waals surface area contributed by atoms with Crippen molar-refractivity contribution in [2.24, 2.45) is 11.3 Å². The van der Waals surface area contributed by atoms with Crippen molar-refractivity contribution in [3.8, 4) is 0 Å². The van der Waals surface area contributed by atoms with Gasteiger partial charge >= 0.3 is 0 Å². The molecule has 0 nitrogen and oxygen atoms in total. The highest BCUT2D eigenvalue weighted by molar-refractivity contribution is 4.75. The molecule has 0 heterocycles. The first kappa shape index (κ1) is 15.1. The molecule has 1 rings (SSSR count). The summed E-state index contributed by atoms with van der Waals surface area (Å²) in [5.41, 5.74) is 0.673. The van der Waals surface area contributed by atoms with Gasteiger partial charge in [-0.2, -0.15) is 0 Å². The Labute approximate surface area is 110 Å². The molecule has 0 aromatic rings. The monoisotopic (exact) mass is 238 g/mol. The number of rotatable bonds is 4. The maximum absolute atomic E-state index is 2.56. The van der Waals surface area contributed by atoms with Gasteiger partial charge in [-0.3, -0.25) is 0 Å². The predicted molar refractivity (Wildman–Crippen MR) is 78.3 cm³/mol. The van der Waals surface area contributed by atoms with Crippen molar-refractivity contribution in [3.63, 3.8) is 0 Å². The van der Waals surface area contributed by atoms with Crippen molar-refractivity contribution in [2.45, 2.75) is 97.8 Å². The van der Waals surface area contributed by atoms with E-state index in [9.17, 15) is 0 Å². The van der Waals surface area contributed by atoms with Crippen LogP contribution in [0.5, 0.6) is 0 Å². The average molecular weight is 238 g/mol. The normalized spacial score (nSPS) is 22.6. The van der Waals surface area contributed by atoms with Crippen LogP contribution in [0.15, 0.2) is 0 Å². The van der Waals surface area contributed by atoms with Crippen molar-refractivity contribution < 1.29 is 0 Å². The van der Waals surface area contributed by atoms with Gasteiger partial charge in [0.2, 0.25) is 0 Å². The van der Waals surface area contributed by atoms with E-state index in [1.54, 1.807) is 0 Å². The second-order valence-corrected chi connectivity index (χ2v) is 7.07. The largest absolute Gasteiger partial charge is 0.0628 e. The van der Waals surface area contributed by atoms with Gasteiger partial charge in [-0.15, -0.1) is 0 Å². The second kappa shape index (κ2) is 8.16.